The third-order valence-electron chi connectivity index (χ3n) is 9.35. The highest BCUT2D eigenvalue weighted by atomic mass is 15.3. The van der Waals surface area contributed by atoms with Crippen molar-refractivity contribution in [2.24, 2.45) is 4.99 Å². The fourth-order valence-electron chi connectivity index (χ4n) is 7.07. The minimum absolute atomic E-state index is 0.176. The van der Waals surface area contributed by atoms with Crippen LogP contribution in [0.5, 0.6) is 0 Å². The predicted molar refractivity (Wildman–Crippen MR) is 193 cm³/mol. The van der Waals surface area contributed by atoms with E-state index in [4.69, 9.17) is 4.99 Å². The second-order valence-corrected chi connectivity index (χ2v) is 12.2. The number of fused-ring (bicyclic) bond motifs is 4. The smallest absolute Gasteiger partial charge is 0.131 e. The van der Waals surface area contributed by atoms with E-state index in [1.54, 1.807) is 0 Å². The highest BCUT2D eigenvalue weighted by Gasteiger charge is 2.28. The van der Waals surface area contributed by atoms with Gasteiger partial charge in [-0.25, -0.2) is 4.99 Å². The Labute approximate surface area is 273 Å². The molecule has 3 heterocycles. The molecule has 1 aromatic heterocycles. The van der Waals surface area contributed by atoms with Gasteiger partial charge in [0.25, 0.3) is 0 Å². The number of hydrogen-bond acceptors (Lipinski definition) is 4. The molecule has 47 heavy (non-hydrogen) atoms. The summed E-state index contributed by atoms with van der Waals surface area (Å²) in [6.07, 6.45) is 3.86. The van der Waals surface area contributed by atoms with Crippen molar-refractivity contribution in [2.45, 2.75) is 18.9 Å². The molecule has 2 atom stereocenters. The third kappa shape index (κ3) is 4.89. The Balaban J connectivity index is 1.16. The topological polar surface area (TPSA) is 53.4 Å². The maximum absolute atomic E-state index is 5.14. The van der Waals surface area contributed by atoms with Gasteiger partial charge in [-0.15, -0.1) is 0 Å². The zero-order valence-electron chi connectivity index (χ0n) is 25.8. The SMILES string of the molecule is C1=Cc2c(c3ccccc3n2-c2ccc(-c3cc4ccccc4cc3C3NC(c4ccccc4)=NC(c4ccccc4)N3)cc2)CN1. The molecular formula is C42H33N5. The molecule has 3 N–H and O–H groups in total. The summed E-state index contributed by atoms with van der Waals surface area (Å²) in [6.45, 7) is 0.831. The van der Waals surface area contributed by atoms with E-state index in [1.807, 2.05) is 12.3 Å². The molecular weight excluding hydrogens is 574 g/mol. The van der Waals surface area contributed by atoms with Gasteiger partial charge in [0.2, 0.25) is 0 Å². The molecule has 0 fully saturated rings. The molecule has 9 rings (SSSR count). The van der Waals surface area contributed by atoms with Crippen molar-refractivity contribution in [3.05, 3.63) is 180 Å². The van der Waals surface area contributed by atoms with E-state index in [0.717, 1.165) is 29.2 Å². The summed E-state index contributed by atoms with van der Waals surface area (Å²) < 4.78 is 2.38. The van der Waals surface area contributed by atoms with Crippen LogP contribution in [0.4, 0.5) is 0 Å². The van der Waals surface area contributed by atoms with Crippen molar-refractivity contribution < 1.29 is 0 Å². The number of amidine groups is 1. The maximum atomic E-state index is 5.14. The van der Waals surface area contributed by atoms with Crippen molar-refractivity contribution in [3.8, 4) is 16.8 Å². The third-order valence-corrected chi connectivity index (χ3v) is 9.35. The van der Waals surface area contributed by atoms with Gasteiger partial charge < -0.3 is 15.2 Å². The molecule has 0 spiro atoms. The van der Waals surface area contributed by atoms with Crippen molar-refractivity contribution in [1.29, 1.82) is 0 Å². The number of aromatic nitrogens is 1. The lowest BCUT2D eigenvalue weighted by Crippen LogP contribution is -2.45. The van der Waals surface area contributed by atoms with E-state index >= 15 is 0 Å². The zero-order valence-corrected chi connectivity index (χ0v) is 25.8. The van der Waals surface area contributed by atoms with Gasteiger partial charge in [0.15, 0.2) is 0 Å². The van der Waals surface area contributed by atoms with Gasteiger partial charge in [-0.1, -0.05) is 115 Å². The quantitative estimate of drug-likeness (QED) is 0.183. The van der Waals surface area contributed by atoms with Crippen LogP contribution in [0.3, 0.4) is 0 Å². The fraction of sp³-hybridized carbons (Fsp3) is 0.0714. The second-order valence-electron chi connectivity index (χ2n) is 12.2. The molecule has 0 aliphatic carbocycles. The van der Waals surface area contributed by atoms with Crippen LogP contribution in [0.1, 0.15) is 40.3 Å². The summed E-state index contributed by atoms with van der Waals surface area (Å²) in [5.41, 5.74) is 10.7. The monoisotopic (exact) mass is 607 g/mol. The zero-order chi connectivity index (χ0) is 31.2. The van der Waals surface area contributed by atoms with E-state index in [9.17, 15) is 0 Å². The van der Waals surface area contributed by atoms with Crippen molar-refractivity contribution in [3.63, 3.8) is 0 Å². The normalized spacial score (nSPS) is 17.1. The molecule has 6 aromatic carbocycles. The Morgan fingerprint density at radius 1 is 0.660 bits per heavy atom. The van der Waals surface area contributed by atoms with Gasteiger partial charge in [0.1, 0.15) is 18.2 Å². The molecule has 7 aromatic rings. The van der Waals surface area contributed by atoms with Crippen molar-refractivity contribution in [1.82, 2.24) is 20.5 Å². The molecule has 0 bridgehead atoms. The number of aliphatic imine (C=N–C) groups is 1. The lowest BCUT2D eigenvalue weighted by atomic mass is 9.93. The highest BCUT2D eigenvalue weighted by Crippen LogP contribution is 2.37. The van der Waals surface area contributed by atoms with Gasteiger partial charge in [-0.3, -0.25) is 5.32 Å². The van der Waals surface area contributed by atoms with Crippen LogP contribution in [0.25, 0.3) is 44.6 Å². The molecule has 226 valence electrons. The van der Waals surface area contributed by atoms with Crippen LogP contribution < -0.4 is 16.0 Å². The fourth-order valence-corrected chi connectivity index (χ4v) is 7.07. The number of nitrogens with zero attached hydrogens (tertiary/aromatic N) is 2. The van der Waals surface area contributed by atoms with E-state index in [0.29, 0.717) is 0 Å². The molecule has 0 saturated heterocycles. The number of nitrogens with one attached hydrogen (secondary N) is 3. The second kappa shape index (κ2) is 11.5. The number of rotatable bonds is 5. The van der Waals surface area contributed by atoms with Crippen LogP contribution in [-0.2, 0) is 6.54 Å². The maximum Gasteiger partial charge on any atom is 0.131 e. The van der Waals surface area contributed by atoms with E-state index < -0.39 is 0 Å². The van der Waals surface area contributed by atoms with Crippen LogP contribution >= 0.6 is 0 Å². The van der Waals surface area contributed by atoms with Crippen LogP contribution in [-0.4, -0.2) is 10.4 Å². The summed E-state index contributed by atoms with van der Waals surface area (Å²) in [5.74, 6) is 0.879. The minimum Gasteiger partial charge on any atom is -0.387 e. The molecule has 0 saturated carbocycles. The lowest BCUT2D eigenvalue weighted by molar-refractivity contribution is 0.410. The Bertz CT molecular complexity index is 2300. The summed E-state index contributed by atoms with van der Waals surface area (Å²) in [7, 11) is 0. The standard InChI is InChI=1S/C42H33N5/c1-3-11-29(12-4-1)40-44-41(30-13-5-2-6-14-30)46-42(45-40)36-26-32-16-8-7-15-31(32)25-35(36)28-19-21-33(22-20-28)47-38-18-10-9-17-34(38)37-27-43-24-23-39(37)47/h1-26,40,42-43,45H,27H2,(H,44,46). The Hall–Kier alpha value is -5.91. The number of hydrogen-bond donors (Lipinski definition) is 3. The molecule has 5 heteroatoms. The van der Waals surface area contributed by atoms with E-state index in [1.165, 1.54) is 49.6 Å². The average Bonchev–Trinajstić information content (AvgIpc) is 3.49. The first-order chi connectivity index (χ1) is 23.3. The average molecular weight is 608 g/mol. The van der Waals surface area contributed by atoms with Gasteiger partial charge in [0.05, 0.1) is 11.2 Å². The molecule has 0 radical (unpaired) electrons. The Kier molecular flexibility index (Phi) is 6.69. The summed E-state index contributed by atoms with van der Waals surface area (Å²) in [6, 6.07) is 51.9. The summed E-state index contributed by atoms with van der Waals surface area (Å²) in [4.78, 5) is 5.14. The van der Waals surface area contributed by atoms with Crippen LogP contribution in [0.2, 0.25) is 0 Å². The Morgan fingerprint density at radius 2 is 1.36 bits per heavy atom. The van der Waals surface area contributed by atoms with Gasteiger partial charge >= 0.3 is 0 Å². The molecule has 5 nitrogen and oxygen atoms in total. The predicted octanol–water partition coefficient (Wildman–Crippen LogP) is 8.86. The first kappa shape index (κ1) is 27.4. The molecule has 2 unspecified atom stereocenters. The van der Waals surface area contributed by atoms with Gasteiger partial charge in [-0.2, -0.15) is 0 Å². The van der Waals surface area contributed by atoms with Crippen LogP contribution in [0.15, 0.2) is 157 Å². The molecule has 2 aliphatic heterocycles. The minimum atomic E-state index is -0.199. The first-order valence-corrected chi connectivity index (χ1v) is 16.2. The summed E-state index contributed by atoms with van der Waals surface area (Å²) >= 11 is 0. The largest absolute Gasteiger partial charge is 0.387 e. The van der Waals surface area contributed by atoms with Crippen molar-refractivity contribution in [2.75, 3.05) is 0 Å². The molecule has 0 amide bonds. The number of benzene rings is 6. The summed E-state index contributed by atoms with van der Waals surface area (Å²) in [5, 5.41) is 14.7. The van der Waals surface area contributed by atoms with Crippen molar-refractivity contribution >= 4 is 33.6 Å². The molecule has 2 aliphatic rings. The highest BCUT2D eigenvalue weighted by molar-refractivity contribution is 6.00. The lowest BCUT2D eigenvalue weighted by Gasteiger charge is -2.33. The number of para-hydroxylation sites is 1. The Morgan fingerprint density at radius 3 is 2.17 bits per heavy atom. The first-order valence-electron chi connectivity index (χ1n) is 16.2. The van der Waals surface area contributed by atoms with Gasteiger partial charge in [0, 0.05) is 28.7 Å². The van der Waals surface area contributed by atoms with E-state index in [2.05, 4.69) is 166 Å². The van der Waals surface area contributed by atoms with Crippen LogP contribution in [0, 0.1) is 0 Å². The van der Waals surface area contributed by atoms with Gasteiger partial charge in [-0.05, 0) is 75.6 Å². The van der Waals surface area contributed by atoms with E-state index in [-0.39, 0.29) is 12.3 Å².